The fraction of sp³-hybridized carbons (Fsp3) is 0.267. The van der Waals surface area contributed by atoms with Gasteiger partial charge in [0.05, 0.1) is 12.6 Å². The maximum Gasteiger partial charge on any atom is 0.317 e. The van der Waals surface area contributed by atoms with Crippen LogP contribution in [0.15, 0.2) is 41.8 Å². The van der Waals surface area contributed by atoms with E-state index in [0.29, 0.717) is 11.6 Å². The van der Waals surface area contributed by atoms with Gasteiger partial charge in [-0.1, -0.05) is 35.9 Å². The van der Waals surface area contributed by atoms with Crippen LogP contribution in [-0.2, 0) is 6.54 Å². The van der Waals surface area contributed by atoms with E-state index in [2.05, 4.69) is 5.32 Å². The lowest BCUT2D eigenvalue weighted by atomic mass is 10.1. The van der Waals surface area contributed by atoms with Crippen LogP contribution < -0.4 is 5.32 Å². The number of hydrogen-bond donors (Lipinski definition) is 1. The number of benzene rings is 1. The molecule has 0 aliphatic rings. The summed E-state index contributed by atoms with van der Waals surface area (Å²) in [4.78, 5) is 14.9. The summed E-state index contributed by atoms with van der Waals surface area (Å²) in [5, 5.41) is 5.59. The second-order valence-corrected chi connectivity index (χ2v) is 5.99. The second kappa shape index (κ2) is 6.77. The van der Waals surface area contributed by atoms with Gasteiger partial charge in [-0.05, 0) is 30.0 Å². The molecule has 1 N–H and O–H groups in total. The quantitative estimate of drug-likeness (QED) is 0.897. The number of urea groups is 1. The van der Waals surface area contributed by atoms with Crippen molar-refractivity contribution in [2.75, 3.05) is 7.05 Å². The molecule has 1 unspecified atom stereocenters. The Balaban J connectivity index is 1.97. The molecule has 5 heteroatoms. The summed E-state index contributed by atoms with van der Waals surface area (Å²) in [5.41, 5.74) is 0.947. The number of thiophene rings is 1. The van der Waals surface area contributed by atoms with Crippen LogP contribution in [0.4, 0.5) is 4.79 Å². The van der Waals surface area contributed by atoms with Crippen molar-refractivity contribution in [2.45, 2.75) is 19.5 Å². The lowest BCUT2D eigenvalue weighted by Gasteiger charge is -2.26. The van der Waals surface area contributed by atoms with Gasteiger partial charge >= 0.3 is 6.03 Å². The first-order chi connectivity index (χ1) is 9.59. The minimum absolute atomic E-state index is 0.0768. The average Bonchev–Trinajstić information content (AvgIpc) is 2.97. The molecule has 2 aromatic rings. The summed E-state index contributed by atoms with van der Waals surface area (Å²) in [6.45, 7) is 2.52. The van der Waals surface area contributed by atoms with Gasteiger partial charge in [-0.2, -0.15) is 0 Å². The maximum absolute atomic E-state index is 12.1. The highest BCUT2D eigenvalue weighted by Crippen LogP contribution is 2.26. The van der Waals surface area contributed by atoms with Crippen LogP contribution >= 0.6 is 22.9 Å². The number of carbonyl (C=O) groups is 1. The van der Waals surface area contributed by atoms with Gasteiger partial charge < -0.3 is 10.2 Å². The predicted molar refractivity (Wildman–Crippen MR) is 84.2 cm³/mol. The molecular weight excluding hydrogens is 292 g/mol. The van der Waals surface area contributed by atoms with E-state index in [0.717, 1.165) is 10.4 Å². The molecule has 2 amide bonds. The lowest BCUT2D eigenvalue weighted by Crippen LogP contribution is -2.38. The largest absolute Gasteiger partial charge is 0.333 e. The molecule has 0 aliphatic carbocycles. The first-order valence-corrected chi connectivity index (χ1v) is 7.63. The van der Waals surface area contributed by atoms with E-state index >= 15 is 0 Å². The van der Waals surface area contributed by atoms with Crippen LogP contribution in [-0.4, -0.2) is 18.0 Å². The molecule has 1 aromatic carbocycles. The molecule has 1 heterocycles. The van der Waals surface area contributed by atoms with Gasteiger partial charge in [-0.15, -0.1) is 11.3 Å². The molecule has 0 aliphatic heterocycles. The monoisotopic (exact) mass is 308 g/mol. The Morgan fingerprint density at radius 2 is 2.10 bits per heavy atom. The highest BCUT2D eigenvalue weighted by atomic mass is 35.5. The van der Waals surface area contributed by atoms with Gasteiger partial charge in [-0.3, -0.25) is 0 Å². The molecule has 0 saturated heterocycles. The van der Waals surface area contributed by atoms with Crippen molar-refractivity contribution < 1.29 is 4.79 Å². The Labute approximate surface area is 128 Å². The topological polar surface area (TPSA) is 32.3 Å². The SMILES string of the molecule is CC(c1ccccc1Cl)N(C)C(=O)NCc1cccs1. The van der Waals surface area contributed by atoms with Crippen LogP contribution in [0.1, 0.15) is 23.4 Å². The zero-order chi connectivity index (χ0) is 14.5. The molecule has 1 atom stereocenters. The third-order valence-electron chi connectivity index (χ3n) is 3.25. The lowest BCUT2D eigenvalue weighted by molar-refractivity contribution is 0.194. The third-order valence-corrected chi connectivity index (χ3v) is 4.47. The molecule has 20 heavy (non-hydrogen) atoms. The number of amides is 2. The Morgan fingerprint density at radius 1 is 1.35 bits per heavy atom. The minimum Gasteiger partial charge on any atom is -0.333 e. The summed E-state index contributed by atoms with van der Waals surface area (Å²) < 4.78 is 0. The number of rotatable bonds is 4. The average molecular weight is 309 g/mol. The molecular formula is C15H17ClN2OS. The zero-order valence-electron chi connectivity index (χ0n) is 11.5. The van der Waals surface area contributed by atoms with Crippen molar-refractivity contribution >= 4 is 29.0 Å². The summed E-state index contributed by atoms with van der Waals surface area (Å²) in [6, 6.07) is 11.4. The summed E-state index contributed by atoms with van der Waals surface area (Å²) in [5.74, 6) is 0. The van der Waals surface area contributed by atoms with Crippen molar-refractivity contribution in [3.05, 3.63) is 57.2 Å². The number of nitrogens with zero attached hydrogens (tertiary/aromatic N) is 1. The van der Waals surface area contributed by atoms with E-state index in [1.165, 1.54) is 0 Å². The summed E-state index contributed by atoms with van der Waals surface area (Å²) in [6.07, 6.45) is 0. The van der Waals surface area contributed by atoms with Crippen molar-refractivity contribution in [1.29, 1.82) is 0 Å². The van der Waals surface area contributed by atoms with E-state index < -0.39 is 0 Å². The first kappa shape index (κ1) is 14.9. The van der Waals surface area contributed by atoms with Gasteiger partial charge in [0, 0.05) is 16.9 Å². The number of carbonyl (C=O) groups excluding carboxylic acids is 1. The molecule has 0 saturated carbocycles. The van der Waals surface area contributed by atoms with E-state index in [-0.39, 0.29) is 12.1 Å². The molecule has 0 fully saturated rings. The Morgan fingerprint density at radius 3 is 2.75 bits per heavy atom. The van der Waals surface area contributed by atoms with E-state index in [4.69, 9.17) is 11.6 Å². The van der Waals surface area contributed by atoms with Gasteiger partial charge in [0.1, 0.15) is 0 Å². The van der Waals surface area contributed by atoms with Crippen LogP contribution in [0, 0.1) is 0 Å². The van der Waals surface area contributed by atoms with Crippen molar-refractivity contribution in [3.63, 3.8) is 0 Å². The summed E-state index contributed by atoms with van der Waals surface area (Å²) >= 11 is 7.80. The first-order valence-electron chi connectivity index (χ1n) is 6.37. The van der Waals surface area contributed by atoms with Crippen LogP contribution in [0.25, 0.3) is 0 Å². The van der Waals surface area contributed by atoms with E-state index in [9.17, 15) is 4.79 Å². The van der Waals surface area contributed by atoms with Gasteiger partial charge in [-0.25, -0.2) is 4.79 Å². The van der Waals surface area contributed by atoms with Crippen LogP contribution in [0.2, 0.25) is 5.02 Å². The molecule has 106 valence electrons. The van der Waals surface area contributed by atoms with E-state index in [1.54, 1.807) is 23.3 Å². The smallest absolute Gasteiger partial charge is 0.317 e. The Kier molecular flexibility index (Phi) is 5.04. The molecule has 1 aromatic heterocycles. The highest BCUT2D eigenvalue weighted by Gasteiger charge is 2.18. The predicted octanol–water partition coefficient (Wildman–Crippen LogP) is 4.30. The maximum atomic E-state index is 12.1. The van der Waals surface area contributed by atoms with Crippen molar-refractivity contribution in [1.82, 2.24) is 10.2 Å². The third kappa shape index (κ3) is 3.52. The second-order valence-electron chi connectivity index (χ2n) is 4.55. The molecule has 3 nitrogen and oxygen atoms in total. The van der Waals surface area contributed by atoms with Crippen molar-refractivity contribution in [2.24, 2.45) is 0 Å². The van der Waals surface area contributed by atoms with Crippen LogP contribution in [0.5, 0.6) is 0 Å². The van der Waals surface area contributed by atoms with E-state index in [1.807, 2.05) is 48.7 Å². The zero-order valence-corrected chi connectivity index (χ0v) is 13.0. The fourth-order valence-corrected chi connectivity index (χ4v) is 2.84. The standard InChI is InChI=1S/C15H17ClN2OS/c1-11(13-7-3-4-8-14(13)16)18(2)15(19)17-10-12-6-5-9-20-12/h3-9,11H,10H2,1-2H3,(H,17,19). The van der Waals surface area contributed by atoms with Gasteiger partial charge in [0.2, 0.25) is 0 Å². The number of hydrogen-bond acceptors (Lipinski definition) is 2. The Hall–Kier alpha value is -1.52. The number of halogens is 1. The van der Waals surface area contributed by atoms with Crippen molar-refractivity contribution in [3.8, 4) is 0 Å². The normalized spacial score (nSPS) is 11.9. The summed E-state index contributed by atoms with van der Waals surface area (Å²) in [7, 11) is 1.78. The number of nitrogens with one attached hydrogen (secondary N) is 1. The Bertz CT molecular complexity index is 571. The molecule has 0 spiro atoms. The van der Waals surface area contributed by atoms with Gasteiger partial charge in [0.15, 0.2) is 0 Å². The molecule has 0 radical (unpaired) electrons. The minimum atomic E-state index is -0.106. The van der Waals surface area contributed by atoms with Gasteiger partial charge in [0.25, 0.3) is 0 Å². The van der Waals surface area contributed by atoms with Crippen LogP contribution in [0.3, 0.4) is 0 Å². The molecule has 0 bridgehead atoms. The highest BCUT2D eigenvalue weighted by molar-refractivity contribution is 7.09. The fourth-order valence-electron chi connectivity index (χ4n) is 1.90. The molecule has 2 rings (SSSR count).